The van der Waals surface area contributed by atoms with Crippen LogP contribution in [0, 0.1) is 18.7 Å². The standard InChI is InChI=1S/C13H15FN2O/c1-8(2)6-10-4-5-11(7-12(10)14)13-15-9(3)17-16-13/h4-5,7-8H,6H2,1-3H3. The number of rotatable bonds is 3. The molecule has 2 rings (SSSR count). The van der Waals surface area contributed by atoms with E-state index < -0.39 is 0 Å². The van der Waals surface area contributed by atoms with Gasteiger partial charge in [0.25, 0.3) is 0 Å². The van der Waals surface area contributed by atoms with Crippen molar-refractivity contribution in [3.8, 4) is 11.4 Å². The van der Waals surface area contributed by atoms with Crippen LogP contribution >= 0.6 is 0 Å². The van der Waals surface area contributed by atoms with Crippen molar-refractivity contribution < 1.29 is 8.91 Å². The highest BCUT2D eigenvalue weighted by Gasteiger charge is 2.10. The number of nitrogens with zero attached hydrogens (tertiary/aromatic N) is 2. The quantitative estimate of drug-likeness (QED) is 0.817. The summed E-state index contributed by atoms with van der Waals surface area (Å²) in [6.45, 7) is 5.84. The first kappa shape index (κ1) is 11.8. The molecule has 0 aliphatic heterocycles. The van der Waals surface area contributed by atoms with Crippen LogP contribution < -0.4 is 0 Å². The Morgan fingerprint density at radius 1 is 1.35 bits per heavy atom. The second kappa shape index (κ2) is 4.65. The Labute approximate surface area is 99.7 Å². The zero-order valence-electron chi connectivity index (χ0n) is 10.2. The summed E-state index contributed by atoms with van der Waals surface area (Å²) in [6, 6.07) is 5.07. The maximum Gasteiger partial charge on any atom is 0.223 e. The summed E-state index contributed by atoms with van der Waals surface area (Å²) < 4.78 is 18.7. The summed E-state index contributed by atoms with van der Waals surface area (Å²) >= 11 is 0. The molecular formula is C13H15FN2O. The number of halogens is 1. The van der Waals surface area contributed by atoms with Crippen molar-refractivity contribution in [2.75, 3.05) is 0 Å². The van der Waals surface area contributed by atoms with Gasteiger partial charge >= 0.3 is 0 Å². The van der Waals surface area contributed by atoms with Crippen LogP contribution in [-0.2, 0) is 6.42 Å². The highest BCUT2D eigenvalue weighted by Crippen LogP contribution is 2.21. The molecule has 0 aliphatic rings. The molecule has 0 saturated carbocycles. The molecule has 0 aliphatic carbocycles. The molecule has 1 aromatic heterocycles. The topological polar surface area (TPSA) is 38.9 Å². The fraction of sp³-hybridized carbons (Fsp3) is 0.385. The van der Waals surface area contributed by atoms with Crippen molar-refractivity contribution in [1.82, 2.24) is 10.1 Å². The molecule has 4 heteroatoms. The van der Waals surface area contributed by atoms with Gasteiger partial charge in [-0.05, 0) is 24.0 Å². The minimum atomic E-state index is -0.210. The SMILES string of the molecule is Cc1nc(-c2ccc(CC(C)C)c(F)c2)no1. The van der Waals surface area contributed by atoms with Crippen LogP contribution in [0.1, 0.15) is 25.3 Å². The molecule has 17 heavy (non-hydrogen) atoms. The Morgan fingerprint density at radius 3 is 2.65 bits per heavy atom. The van der Waals surface area contributed by atoms with E-state index in [2.05, 4.69) is 24.0 Å². The van der Waals surface area contributed by atoms with Crippen LogP contribution in [0.4, 0.5) is 4.39 Å². The maximum absolute atomic E-state index is 13.8. The van der Waals surface area contributed by atoms with Gasteiger partial charge in [-0.25, -0.2) is 4.39 Å². The zero-order valence-corrected chi connectivity index (χ0v) is 10.2. The molecule has 0 N–H and O–H groups in total. The fourth-order valence-corrected chi connectivity index (χ4v) is 1.71. The zero-order chi connectivity index (χ0) is 12.4. The van der Waals surface area contributed by atoms with Crippen LogP contribution in [0.25, 0.3) is 11.4 Å². The molecular weight excluding hydrogens is 219 g/mol. The molecule has 0 saturated heterocycles. The summed E-state index contributed by atoms with van der Waals surface area (Å²) in [7, 11) is 0. The second-order valence-corrected chi connectivity index (χ2v) is 4.54. The van der Waals surface area contributed by atoms with E-state index in [1.165, 1.54) is 6.07 Å². The van der Waals surface area contributed by atoms with E-state index >= 15 is 0 Å². The molecule has 0 amide bonds. The highest BCUT2D eigenvalue weighted by atomic mass is 19.1. The van der Waals surface area contributed by atoms with E-state index in [9.17, 15) is 4.39 Å². The number of hydrogen-bond donors (Lipinski definition) is 0. The molecule has 0 radical (unpaired) electrons. The van der Waals surface area contributed by atoms with Gasteiger partial charge in [-0.15, -0.1) is 0 Å². The van der Waals surface area contributed by atoms with Gasteiger partial charge in [0.15, 0.2) is 0 Å². The molecule has 3 nitrogen and oxygen atoms in total. The first-order chi connectivity index (χ1) is 8.06. The van der Waals surface area contributed by atoms with Gasteiger partial charge in [0.05, 0.1) is 0 Å². The van der Waals surface area contributed by atoms with Crippen LogP contribution in [0.15, 0.2) is 22.7 Å². The van der Waals surface area contributed by atoms with E-state index in [0.29, 0.717) is 23.2 Å². The number of hydrogen-bond acceptors (Lipinski definition) is 3. The Balaban J connectivity index is 2.30. The third-order valence-electron chi connectivity index (χ3n) is 2.47. The Bertz CT molecular complexity index is 520. The maximum atomic E-state index is 13.8. The lowest BCUT2D eigenvalue weighted by atomic mass is 10.0. The Hall–Kier alpha value is -1.71. The predicted molar refractivity (Wildman–Crippen MR) is 63.0 cm³/mol. The first-order valence-corrected chi connectivity index (χ1v) is 5.65. The third kappa shape index (κ3) is 2.70. The normalized spacial score (nSPS) is 11.1. The third-order valence-corrected chi connectivity index (χ3v) is 2.47. The van der Waals surface area contributed by atoms with Crippen LogP contribution in [0.2, 0.25) is 0 Å². The number of aryl methyl sites for hydroxylation is 1. The van der Waals surface area contributed by atoms with E-state index in [1.54, 1.807) is 13.0 Å². The Kier molecular flexibility index (Phi) is 3.22. The van der Waals surface area contributed by atoms with Gasteiger partial charge in [0.1, 0.15) is 5.82 Å². The molecule has 2 aromatic rings. The lowest BCUT2D eigenvalue weighted by Crippen LogP contribution is -1.97. The van der Waals surface area contributed by atoms with E-state index in [0.717, 1.165) is 12.0 Å². The van der Waals surface area contributed by atoms with Crippen molar-refractivity contribution in [2.45, 2.75) is 27.2 Å². The molecule has 1 aromatic carbocycles. The summed E-state index contributed by atoms with van der Waals surface area (Å²) in [5.41, 5.74) is 1.37. The minimum Gasteiger partial charge on any atom is -0.339 e. The van der Waals surface area contributed by atoms with E-state index in [-0.39, 0.29) is 5.82 Å². The summed E-state index contributed by atoms with van der Waals surface area (Å²) in [6.07, 6.45) is 0.734. The van der Waals surface area contributed by atoms with Gasteiger partial charge in [-0.3, -0.25) is 0 Å². The summed E-state index contributed by atoms with van der Waals surface area (Å²) in [5, 5.41) is 3.76. The highest BCUT2D eigenvalue weighted by molar-refractivity contribution is 5.55. The Morgan fingerprint density at radius 2 is 2.12 bits per heavy atom. The van der Waals surface area contributed by atoms with E-state index in [1.807, 2.05) is 6.07 Å². The van der Waals surface area contributed by atoms with Gasteiger partial charge in [0.2, 0.25) is 11.7 Å². The van der Waals surface area contributed by atoms with Crippen LogP contribution in [0.5, 0.6) is 0 Å². The lowest BCUT2D eigenvalue weighted by molar-refractivity contribution is 0.394. The smallest absolute Gasteiger partial charge is 0.223 e. The van der Waals surface area contributed by atoms with Gasteiger partial charge in [0, 0.05) is 12.5 Å². The van der Waals surface area contributed by atoms with Crippen molar-refractivity contribution in [1.29, 1.82) is 0 Å². The van der Waals surface area contributed by atoms with Gasteiger partial charge < -0.3 is 4.52 Å². The lowest BCUT2D eigenvalue weighted by Gasteiger charge is -2.06. The summed E-state index contributed by atoms with van der Waals surface area (Å²) in [4.78, 5) is 4.07. The van der Waals surface area contributed by atoms with Crippen molar-refractivity contribution in [2.24, 2.45) is 5.92 Å². The number of benzene rings is 1. The molecule has 0 fully saturated rings. The largest absolute Gasteiger partial charge is 0.339 e. The van der Waals surface area contributed by atoms with Gasteiger partial charge in [-0.2, -0.15) is 4.98 Å². The second-order valence-electron chi connectivity index (χ2n) is 4.54. The first-order valence-electron chi connectivity index (χ1n) is 5.65. The molecule has 0 spiro atoms. The molecule has 90 valence electrons. The monoisotopic (exact) mass is 234 g/mol. The van der Waals surface area contributed by atoms with Crippen LogP contribution in [0.3, 0.4) is 0 Å². The average molecular weight is 234 g/mol. The molecule has 0 unspecified atom stereocenters. The molecule has 1 heterocycles. The van der Waals surface area contributed by atoms with E-state index in [4.69, 9.17) is 4.52 Å². The van der Waals surface area contributed by atoms with Crippen molar-refractivity contribution in [3.63, 3.8) is 0 Å². The predicted octanol–water partition coefficient (Wildman–Crippen LogP) is 3.38. The van der Waals surface area contributed by atoms with Crippen molar-refractivity contribution in [3.05, 3.63) is 35.5 Å². The molecule has 0 atom stereocenters. The van der Waals surface area contributed by atoms with Crippen LogP contribution in [-0.4, -0.2) is 10.1 Å². The number of aromatic nitrogens is 2. The van der Waals surface area contributed by atoms with Gasteiger partial charge in [-0.1, -0.05) is 31.1 Å². The minimum absolute atomic E-state index is 0.210. The summed E-state index contributed by atoms with van der Waals surface area (Å²) in [5.74, 6) is 1.13. The van der Waals surface area contributed by atoms with Crippen molar-refractivity contribution >= 4 is 0 Å². The average Bonchev–Trinajstić information content (AvgIpc) is 2.67. The molecule has 0 bridgehead atoms. The fourth-order valence-electron chi connectivity index (χ4n) is 1.71.